The molecule has 0 fully saturated rings. The van der Waals surface area contributed by atoms with Crippen molar-refractivity contribution in [3.05, 3.63) is 95.9 Å². The molecular formula is C29H28N2O8. The second kappa shape index (κ2) is 12.6. The van der Waals surface area contributed by atoms with Crippen molar-refractivity contribution in [2.45, 2.75) is 26.0 Å². The molecule has 10 heteroatoms. The van der Waals surface area contributed by atoms with Gasteiger partial charge < -0.3 is 29.2 Å². The largest absolute Gasteiger partial charge is 0.508 e. The number of aromatic nitrogens is 1. The van der Waals surface area contributed by atoms with Gasteiger partial charge in [0.25, 0.3) is 0 Å². The molecule has 0 aliphatic heterocycles. The summed E-state index contributed by atoms with van der Waals surface area (Å²) in [7, 11) is 0. The number of oxazole rings is 1. The molecule has 3 aromatic carbocycles. The topological polar surface area (TPSA) is 143 Å². The van der Waals surface area contributed by atoms with Crippen LogP contribution in [0.4, 0.5) is 4.79 Å². The molecule has 4 aromatic rings. The van der Waals surface area contributed by atoms with Crippen LogP contribution in [0.15, 0.2) is 83.3 Å². The standard InChI is InChI=1S/C29H28N2O8/c1-19(31(17-27(34)35)29(36)38-24-13-9-22(33)10-14-24)20-7-11-23(12-8-20)37-16-15-25-26(18-32)39-28(30-25)21-5-3-2-4-6-21/h2-14,19,32-33H,15-18H2,1H3,(H,34,35)/t19-/m0/s1. The first kappa shape index (κ1) is 27.2. The maximum atomic E-state index is 12.8. The van der Waals surface area contributed by atoms with E-state index in [1.165, 1.54) is 24.3 Å². The Morgan fingerprint density at radius 1 is 0.974 bits per heavy atom. The maximum Gasteiger partial charge on any atom is 0.416 e. The molecule has 3 N–H and O–H groups in total. The molecule has 0 aliphatic rings. The van der Waals surface area contributed by atoms with Crippen molar-refractivity contribution in [3.63, 3.8) is 0 Å². The Morgan fingerprint density at radius 3 is 2.28 bits per heavy atom. The first-order chi connectivity index (χ1) is 18.8. The average molecular weight is 533 g/mol. The van der Waals surface area contributed by atoms with Gasteiger partial charge in [0, 0.05) is 12.0 Å². The fraction of sp³-hybridized carbons (Fsp3) is 0.207. The van der Waals surface area contributed by atoms with Crippen molar-refractivity contribution in [3.8, 4) is 28.7 Å². The minimum atomic E-state index is -1.19. The van der Waals surface area contributed by atoms with E-state index in [1.54, 1.807) is 31.2 Å². The number of aromatic hydroxyl groups is 1. The van der Waals surface area contributed by atoms with Gasteiger partial charge in [-0.3, -0.25) is 9.69 Å². The molecule has 1 aromatic heterocycles. The lowest BCUT2D eigenvalue weighted by molar-refractivity contribution is -0.138. The smallest absolute Gasteiger partial charge is 0.416 e. The van der Waals surface area contributed by atoms with Gasteiger partial charge in [0.2, 0.25) is 5.89 Å². The second-order valence-corrected chi connectivity index (χ2v) is 8.64. The molecule has 4 rings (SSSR count). The summed E-state index contributed by atoms with van der Waals surface area (Å²) in [5, 5.41) is 28.4. The third-order valence-electron chi connectivity index (χ3n) is 5.96. The number of nitrogens with zero attached hydrogens (tertiary/aromatic N) is 2. The van der Waals surface area contributed by atoms with Gasteiger partial charge in [0.1, 0.15) is 30.4 Å². The highest BCUT2D eigenvalue weighted by Crippen LogP contribution is 2.26. The van der Waals surface area contributed by atoms with E-state index < -0.39 is 24.6 Å². The summed E-state index contributed by atoms with van der Waals surface area (Å²) < 4.78 is 16.8. The van der Waals surface area contributed by atoms with Crippen LogP contribution in [-0.2, 0) is 17.8 Å². The van der Waals surface area contributed by atoms with Crippen LogP contribution in [0.2, 0.25) is 0 Å². The third-order valence-corrected chi connectivity index (χ3v) is 5.96. The van der Waals surface area contributed by atoms with Crippen molar-refractivity contribution >= 4 is 12.1 Å². The van der Waals surface area contributed by atoms with Gasteiger partial charge in [-0.1, -0.05) is 30.3 Å². The Hall–Kier alpha value is -4.83. The lowest BCUT2D eigenvalue weighted by Gasteiger charge is -2.27. The Labute approximate surface area is 224 Å². The van der Waals surface area contributed by atoms with E-state index in [9.17, 15) is 24.9 Å². The van der Waals surface area contributed by atoms with Gasteiger partial charge >= 0.3 is 12.1 Å². The van der Waals surface area contributed by atoms with Crippen LogP contribution in [0.5, 0.6) is 17.2 Å². The van der Waals surface area contributed by atoms with Crippen LogP contribution < -0.4 is 9.47 Å². The number of aliphatic hydroxyl groups excluding tert-OH is 1. The fourth-order valence-corrected chi connectivity index (χ4v) is 3.87. The molecule has 39 heavy (non-hydrogen) atoms. The number of hydrogen-bond donors (Lipinski definition) is 3. The Morgan fingerprint density at radius 2 is 1.64 bits per heavy atom. The van der Waals surface area contributed by atoms with E-state index in [2.05, 4.69) is 4.98 Å². The number of amides is 1. The van der Waals surface area contributed by atoms with E-state index in [0.717, 1.165) is 10.5 Å². The average Bonchev–Trinajstić information content (AvgIpc) is 3.36. The van der Waals surface area contributed by atoms with Crippen LogP contribution >= 0.6 is 0 Å². The molecule has 0 saturated carbocycles. The molecule has 0 unspecified atom stereocenters. The number of ether oxygens (including phenoxy) is 2. The minimum absolute atomic E-state index is 0.0136. The van der Waals surface area contributed by atoms with Gasteiger partial charge in [0.15, 0.2) is 5.76 Å². The zero-order valence-electron chi connectivity index (χ0n) is 21.2. The normalized spacial score (nSPS) is 11.5. The number of carbonyl (C=O) groups excluding carboxylic acids is 1. The zero-order chi connectivity index (χ0) is 27.8. The quantitative estimate of drug-likeness (QED) is 0.248. The van der Waals surface area contributed by atoms with E-state index in [4.69, 9.17) is 13.9 Å². The van der Waals surface area contributed by atoms with Crippen LogP contribution in [0.1, 0.15) is 30.0 Å². The summed E-state index contributed by atoms with van der Waals surface area (Å²) in [5.41, 5.74) is 2.10. The summed E-state index contributed by atoms with van der Waals surface area (Å²) in [4.78, 5) is 29.8. The monoisotopic (exact) mass is 532 g/mol. The van der Waals surface area contributed by atoms with E-state index in [1.807, 2.05) is 30.3 Å². The van der Waals surface area contributed by atoms with Gasteiger partial charge in [0.05, 0.1) is 18.3 Å². The SMILES string of the molecule is C[C@@H](c1ccc(OCCc2nc(-c3ccccc3)oc2CO)cc1)N(CC(=O)O)C(=O)Oc1ccc(O)cc1. The molecule has 1 heterocycles. The first-order valence-electron chi connectivity index (χ1n) is 12.2. The molecule has 202 valence electrons. The number of aliphatic carboxylic acids is 1. The van der Waals surface area contributed by atoms with Gasteiger partial charge in [-0.15, -0.1) is 0 Å². The maximum absolute atomic E-state index is 12.8. The number of carboxylic acids is 1. The van der Waals surface area contributed by atoms with Crippen molar-refractivity contribution in [2.75, 3.05) is 13.2 Å². The molecule has 0 spiro atoms. The second-order valence-electron chi connectivity index (χ2n) is 8.64. The van der Waals surface area contributed by atoms with E-state index in [-0.39, 0.29) is 24.7 Å². The number of phenolic OH excluding ortho intramolecular Hbond substituents is 1. The lowest BCUT2D eigenvalue weighted by Crippen LogP contribution is -2.39. The number of carbonyl (C=O) groups is 2. The Balaban J connectivity index is 1.37. The highest BCUT2D eigenvalue weighted by atomic mass is 16.6. The van der Waals surface area contributed by atoms with Crippen molar-refractivity contribution in [2.24, 2.45) is 0 Å². The molecule has 1 atom stereocenters. The minimum Gasteiger partial charge on any atom is -0.508 e. The van der Waals surface area contributed by atoms with Crippen molar-refractivity contribution in [1.82, 2.24) is 9.88 Å². The molecule has 0 aliphatic carbocycles. The van der Waals surface area contributed by atoms with Crippen molar-refractivity contribution in [1.29, 1.82) is 0 Å². The molecular weight excluding hydrogens is 504 g/mol. The Bertz CT molecular complexity index is 1390. The number of phenols is 1. The Kier molecular flexibility index (Phi) is 8.80. The van der Waals surface area contributed by atoms with Gasteiger partial charge in [-0.25, -0.2) is 9.78 Å². The summed E-state index contributed by atoms with van der Waals surface area (Å²) in [6, 6.07) is 21.3. The lowest BCUT2D eigenvalue weighted by atomic mass is 10.1. The number of aliphatic hydroxyl groups is 1. The summed E-state index contributed by atoms with van der Waals surface area (Å²) in [6.07, 6.45) is -0.419. The third kappa shape index (κ3) is 7.14. The predicted octanol–water partition coefficient (Wildman–Crippen LogP) is 4.81. The van der Waals surface area contributed by atoms with Crippen LogP contribution in [0, 0.1) is 0 Å². The van der Waals surface area contributed by atoms with Crippen LogP contribution in [0.25, 0.3) is 11.5 Å². The number of rotatable bonds is 11. The predicted molar refractivity (Wildman–Crippen MR) is 140 cm³/mol. The van der Waals surface area contributed by atoms with E-state index >= 15 is 0 Å². The number of benzene rings is 3. The highest BCUT2D eigenvalue weighted by Gasteiger charge is 2.26. The summed E-state index contributed by atoms with van der Waals surface area (Å²) in [6.45, 7) is 1.14. The van der Waals surface area contributed by atoms with Gasteiger partial charge in [-0.2, -0.15) is 0 Å². The van der Waals surface area contributed by atoms with Crippen LogP contribution in [-0.4, -0.2) is 50.4 Å². The number of hydrogen-bond acceptors (Lipinski definition) is 8. The highest BCUT2D eigenvalue weighted by molar-refractivity contribution is 5.78. The molecule has 10 nitrogen and oxygen atoms in total. The molecule has 0 saturated heterocycles. The zero-order valence-corrected chi connectivity index (χ0v) is 21.2. The molecule has 0 bridgehead atoms. The molecule has 0 radical (unpaired) electrons. The molecule has 1 amide bonds. The summed E-state index contributed by atoms with van der Waals surface area (Å²) >= 11 is 0. The first-order valence-corrected chi connectivity index (χ1v) is 12.2. The van der Waals surface area contributed by atoms with Gasteiger partial charge in [-0.05, 0) is 61.0 Å². The van der Waals surface area contributed by atoms with Crippen LogP contribution in [0.3, 0.4) is 0 Å². The van der Waals surface area contributed by atoms with Crippen molar-refractivity contribution < 1.29 is 38.8 Å². The fourth-order valence-electron chi connectivity index (χ4n) is 3.87. The van der Waals surface area contributed by atoms with E-state index in [0.29, 0.717) is 35.1 Å². The number of carboxylic acid groups (broad SMARTS) is 1. The summed E-state index contributed by atoms with van der Waals surface area (Å²) in [5.74, 6) is 0.396.